The molecule has 0 aliphatic carbocycles. The fourth-order valence-corrected chi connectivity index (χ4v) is 2.91. The second kappa shape index (κ2) is 11.6. The van der Waals surface area contributed by atoms with Crippen molar-refractivity contribution in [2.75, 3.05) is 32.7 Å². The van der Waals surface area contributed by atoms with Crippen LogP contribution < -0.4 is 8.92 Å². The number of esters is 1. The van der Waals surface area contributed by atoms with Gasteiger partial charge in [-0.25, -0.2) is 0 Å². The molecule has 30 heavy (non-hydrogen) atoms. The second-order valence-corrected chi connectivity index (χ2v) is 8.35. The Morgan fingerprint density at radius 2 is 1.40 bits per heavy atom. The van der Waals surface area contributed by atoms with Gasteiger partial charge in [0.1, 0.15) is 24.7 Å². The summed E-state index contributed by atoms with van der Waals surface area (Å²) in [6.45, 7) is 5.14. The number of ether oxygens (including phenoxy) is 3. The topological polar surface area (TPSA) is 88.1 Å². The molecule has 1 unspecified atom stereocenters. The maximum atomic E-state index is 11.5. The Morgan fingerprint density at radius 3 is 1.93 bits per heavy atom. The minimum Gasteiger partial charge on any atom is -0.491 e. The number of hydrogen-bond donors (Lipinski definition) is 0. The first-order valence-electron chi connectivity index (χ1n) is 9.75. The highest BCUT2D eigenvalue weighted by atomic mass is 32.2. The van der Waals surface area contributed by atoms with Crippen molar-refractivity contribution in [2.45, 2.75) is 20.3 Å². The molecule has 0 heterocycles. The minimum atomic E-state index is -3.53. The number of benzene rings is 2. The number of rotatable bonds is 12. The van der Waals surface area contributed by atoms with Gasteiger partial charge in [0.15, 0.2) is 0 Å². The second-order valence-electron chi connectivity index (χ2n) is 6.77. The van der Waals surface area contributed by atoms with Gasteiger partial charge in [-0.3, -0.25) is 4.79 Å². The monoisotopic (exact) mass is 436 g/mol. The van der Waals surface area contributed by atoms with E-state index < -0.39 is 10.1 Å². The maximum Gasteiger partial charge on any atom is 0.308 e. The van der Waals surface area contributed by atoms with E-state index in [-0.39, 0.29) is 24.2 Å². The van der Waals surface area contributed by atoms with E-state index in [9.17, 15) is 13.2 Å². The van der Waals surface area contributed by atoms with Crippen LogP contribution in [0.4, 0.5) is 0 Å². The summed E-state index contributed by atoms with van der Waals surface area (Å²) in [5, 5.41) is 0. The normalized spacial score (nSPS) is 12.2. The average Bonchev–Trinajstić information content (AvgIpc) is 2.72. The highest BCUT2D eigenvalue weighted by Crippen LogP contribution is 2.25. The summed E-state index contributed by atoms with van der Waals surface area (Å²) in [4.78, 5) is 11.5. The standard InChI is InChI=1S/C22H28O7S/c1-4-17(2)22(23)28-16-14-26-13-15-27-20-9-5-18(6-10-20)19-7-11-21(12-8-19)29-30(3,24)25/h5-12,17H,4,13-16H2,1-3H3. The predicted molar refractivity (Wildman–Crippen MR) is 114 cm³/mol. The molecule has 0 N–H and O–H groups in total. The van der Waals surface area contributed by atoms with Crippen molar-refractivity contribution in [1.29, 1.82) is 0 Å². The Balaban J connectivity index is 1.70. The molecule has 0 spiro atoms. The summed E-state index contributed by atoms with van der Waals surface area (Å²) >= 11 is 0. The molecular formula is C22H28O7S. The van der Waals surface area contributed by atoms with Gasteiger partial charge in [-0.2, -0.15) is 8.42 Å². The lowest BCUT2D eigenvalue weighted by Gasteiger charge is -2.10. The molecule has 2 aromatic carbocycles. The van der Waals surface area contributed by atoms with Crippen LogP contribution in [-0.2, 0) is 24.4 Å². The summed E-state index contributed by atoms with van der Waals surface area (Å²) in [7, 11) is -3.53. The third kappa shape index (κ3) is 8.42. The van der Waals surface area contributed by atoms with Crippen molar-refractivity contribution in [3.05, 3.63) is 48.5 Å². The van der Waals surface area contributed by atoms with Crippen LogP contribution in [0.25, 0.3) is 11.1 Å². The Hall–Kier alpha value is -2.58. The summed E-state index contributed by atoms with van der Waals surface area (Å²) in [6.07, 6.45) is 1.77. The van der Waals surface area contributed by atoms with E-state index in [1.54, 1.807) is 24.3 Å². The summed E-state index contributed by atoms with van der Waals surface area (Å²) in [6, 6.07) is 14.3. The molecule has 0 saturated carbocycles. The van der Waals surface area contributed by atoms with Crippen molar-refractivity contribution in [3.63, 3.8) is 0 Å². The van der Waals surface area contributed by atoms with Gasteiger partial charge in [-0.05, 0) is 41.8 Å². The molecular weight excluding hydrogens is 408 g/mol. The molecule has 0 aromatic heterocycles. The maximum absolute atomic E-state index is 11.5. The van der Waals surface area contributed by atoms with Crippen molar-refractivity contribution in [1.82, 2.24) is 0 Å². The van der Waals surface area contributed by atoms with Gasteiger partial charge < -0.3 is 18.4 Å². The molecule has 8 heteroatoms. The zero-order chi connectivity index (χ0) is 22.0. The van der Waals surface area contributed by atoms with Gasteiger partial charge >= 0.3 is 16.1 Å². The molecule has 0 bridgehead atoms. The lowest BCUT2D eigenvalue weighted by molar-refractivity contribution is -0.149. The Kier molecular flexibility index (Phi) is 9.14. The van der Waals surface area contributed by atoms with Crippen LogP contribution in [-0.4, -0.2) is 47.1 Å². The van der Waals surface area contributed by atoms with Crippen molar-refractivity contribution >= 4 is 16.1 Å². The first-order chi connectivity index (χ1) is 14.3. The number of carbonyl (C=O) groups excluding carboxylic acids is 1. The molecule has 0 saturated heterocycles. The van der Waals surface area contributed by atoms with Gasteiger partial charge in [0.25, 0.3) is 0 Å². The zero-order valence-electron chi connectivity index (χ0n) is 17.5. The molecule has 2 aromatic rings. The van der Waals surface area contributed by atoms with Crippen LogP contribution in [0.1, 0.15) is 20.3 Å². The lowest BCUT2D eigenvalue weighted by Crippen LogP contribution is -2.18. The molecule has 0 aliphatic rings. The largest absolute Gasteiger partial charge is 0.491 e. The highest BCUT2D eigenvalue weighted by molar-refractivity contribution is 7.86. The predicted octanol–water partition coefficient (Wildman–Crippen LogP) is 3.68. The van der Waals surface area contributed by atoms with Crippen LogP contribution >= 0.6 is 0 Å². The van der Waals surface area contributed by atoms with Crippen LogP contribution in [0.2, 0.25) is 0 Å². The average molecular weight is 437 g/mol. The van der Waals surface area contributed by atoms with Crippen LogP contribution in [0.5, 0.6) is 11.5 Å². The Morgan fingerprint density at radius 1 is 0.867 bits per heavy atom. The lowest BCUT2D eigenvalue weighted by atomic mass is 10.1. The van der Waals surface area contributed by atoms with Crippen molar-refractivity contribution < 1.29 is 31.6 Å². The van der Waals surface area contributed by atoms with E-state index >= 15 is 0 Å². The van der Waals surface area contributed by atoms with Gasteiger partial charge in [0.2, 0.25) is 0 Å². The van der Waals surface area contributed by atoms with E-state index in [2.05, 4.69) is 0 Å². The van der Waals surface area contributed by atoms with E-state index in [4.69, 9.17) is 18.4 Å². The summed E-state index contributed by atoms with van der Waals surface area (Å²) < 4.78 is 43.3. The van der Waals surface area contributed by atoms with Crippen molar-refractivity contribution in [3.8, 4) is 22.6 Å². The van der Waals surface area contributed by atoms with Crippen molar-refractivity contribution in [2.24, 2.45) is 5.92 Å². The SMILES string of the molecule is CCC(C)C(=O)OCCOCCOc1ccc(-c2ccc(OS(C)(=O)=O)cc2)cc1. The Labute approximate surface area is 178 Å². The molecule has 0 amide bonds. The highest BCUT2D eigenvalue weighted by Gasteiger charge is 2.11. The van der Waals surface area contributed by atoms with Gasteiger partial charge in [-0.1, -0.05) is 38.1 Å². The van der Waals surface area contributed by atoms with E-state index in [0.29, 0.717) is 25.6 Å². The van der Waals surface area contributed by atoms with Crippen LogP contribution in [0, 0.1) is 5.92 Å². The fraction of sp³-hybridized carbons (Fsp3) is 0.409. The number of hydrogen-bond acceptors (Lipinski definition) is 7. The quantitative estimate of drug-likeness (QED) is 0.285. The third-order valence-electron chi connectivity index (χ3n) is 4.27. The zero-order valence-corrected chi connectivity index (χ0v) is 18.3. The van der Waals surface area contributed by atoms with Crippen LogP contribution in [0.15, 0.2) is 48.5 Å². The van der Waals surface area contributed by atoms with E-state index in [1.807, 2.05) is 38.1 Å². The smallest absolute Gasteiger partial charge is 0.308 e. The third-order valence-corrected chi connectivity index (χ3v) is 4.77. The van der Waals surface area contributed by atoms with Gasteiger partial charge in [0.05, 0.1) is 25.4 Å². The minimum absolute atomic E-state index is 0.0879. The molecule has 2 rings (SSSR count). The fourth-order valence-electron chi connectivity index (χ4n) is 2.45. The number of carbonyl (C=O) groups is 1. The first kappa shape index (κ1) is 23.7. The molecule has 0 aliphatic heterocycles. The molecule has 1 atom stereocenters. The molecule has 7 nitrogen and oxygen atoms in total. The van der Waals surface area contributed by atoms with Gasteiger partial charge in [0, 0.05) is 0 Å². The summed E-state index contributed by atoms with van der Waals surface area (Å²) in [5.74, 6) is 0.698. The first-order valence-corrected chi connectivity index (χ1v) is 11.6. The van der Waals surface area contributed by atoms with E-state index in [1.165, 1.54) is 0 Å². The summed E-state index contributed by atoms with van der Waals surface area (Å²) in [5.41, 5.74) is 1.89. The van der Waals surface area contributed by atoms with E-state index in [0.717, 1.165) is 23.8 Å². The van der Waals surface area contributed by atoms with Crippen LogP contribution in [0.3, 0.4) is 0 Å². The van der Waals surface area contributed by atoms with Gasteiger partial charge in [-0.15, -0.1) is 0 Å². The molecule has 164 valence electrons. The molecule has 0 fully saturated rings. The molecule has 0 radical (unpaired) electrons. The Bertz CT molecular complexity index is 890.